The number of anilines is 1. The number of fused-ring (bicyclic) bond motifs is 1. The molecule has 0 radical (unpaired) electrons. The van der Waals surface area contributed by atoms with Crippen molar-refractivity contribution in [3.8, 4) is 0 Å². The van der Waals surface area contributed by atoms with Crippen molar-refractivity contribution in [3.05, 3.63) is 18.4 Å². The number of nitrogens with zero attached hydrogens (tertiary/aromatic N) is 3. The van der Waals surface area contributed by atoms with Gasteiger partial charge in [-0.25, -0.2) is 9.67 Å². The topological polar surface area (TPSA) is 127 Å². The fourth-order valence-electron chi connectivity index (χ4n) is 2.18. The lowest BCUT2D eigenvalue weighted by molar-refractivity contribution is -0.0566. The number of nitrogens with two attached hydrogens (primary N) is 1. The molecule has 1 saturated heterocycles. The number of aliphatic hydroxyl groups excluding tert-OH is 3. The Labute approximate surface area is 109 Å². The van der Waals surface area contributed by atoms with Gasteiger partial charge in [-0.1, -0.05) is 0 Å². The number of rotatable bonds is 2. The van der Waals surface area contributed by atoms with Gasteiger partial charge in [-0.3, -0.25) is 0 Å². The molecule has 0 saturated carbocycles. The molecule has 19 heavy (non-hydrogen) atoms. The smallest absolute Gasteiger partial charge is 0.181 e. The van der Waals surface area contributed by atoms with E-state index in [-0.39, 0.29) is 11.7 Å². The van der Waals surface area contributed by atoms with Gasteiger partial charge in [0.25, 0.3) is 0 Å². The molecule has 1 aliphatic rings. The van der Waals surface area contributed by atoms with Crippen LogP contribution in [0.4, 0.5) is 5.69 Å². The maximum Gasteiger partial charge on any atom is 0.181 e. The highest BCUT2D eigenvalue weighted by atomic mass is 16.6. The first-order chi connectivity index (χ1) is 9.54. The van der Waals surface area contributed by atoms with Gasteiger partial charge >= 0.3 is 0 Å². The van der Waals surface area contributed by atoms with Gasteiger partial charge in [-0.05, 0) is 6.04 Å². The number of pyridine rings is 1. The van der Waals surface area contributed by atoms with Gasteiger partial charge in [-0.2, -0.15) is 5.10 Å². The third-order valence-corrected chi connectivity index (χ3v) is 3.22. The molecule has 3 heterocycles. The Bertz CT molecular complexity index is 649. The van der Waals surface area contributed by atoms with Gasteiger partial charge in [0.1, 0.15) is 18.3 Å². The molecule has 0 bridgehead atoms. The van der Waals surface area contributed by atoms with Gasteiger partial charge < -0.3 is 25.8 Å². The van der Waals surface area contributed by atoms with Crippen molar-refractivity contribution in [1.82, 2.24) is 14.8 Å². The van der Waals surface area contributed by atoms with Crippen LogP contribution < -0.4 is 5.73 Å². The van der Waals surface area contributed by atoms with Crippen LogP contribution in [0, 0.1) is 0 Å². The highest BCUT2D eigenvalue weighted by molar-refractivity contribution is 5.87. The molecule has 1 unspecified atom stereocenters. The van der Waals surface area contributed by atoms with E-state index in [0.717, 1.165) is 0 Å². The van der Waals surface area contributed by atoms with Gasteiger partial charge in [0.15, 0.2) is 11.9 Å². The second kappa shape index (κ2) is 4.42. The fraction of sp³-hybridized carbons (Fsp3) is 0.455. The van der Waals surface area contributed by atoms with Crippen molar-refractivity contribution in [3.63, 3.8) is 0 Å². The molecule has 0 aromatic carbocycles. The Balaban J connectivity index is 2.05. The Morgan fingerprint density at radius 1 is 1.47 bits per heavy atom. The summed E-state index contributed by atoms with van der Waals surface area (Å²) in [6, 6.07) is 0.0817. The number of hydrogen-bond acceptors (Lipinski definition) is 7. The fourth-order valence-corrected chi connectivity index (χ4v) is 2.18. The molecule has 8 nitrogen and oxygen atoms in total. The van der Waals surface area contributed by atoms with Crippen molar-refractivity contribution in [2.24, 2.45) is 0 Å². The summed E-state index contributed by atoms with van der Waals surface area (Å²) < 4.78 is 14.2. The minimum absolute atomic E-state index is 0.0817. The predicted molar refractivity (Wildman–Crippen MR) is 64.9 cm³/mol. The molecule has 2 aromatic heterocycles. The molecule has 2 aromatic rings. The van der Waals surface area contributed by atoms with E-state index in [0.29, 0.717) is 11.0 Å². The van der Waals surface area contributed by atoms with Crippen LogP contribution in [0.1, 0.15) is 7.60 Å². The highest BCUT2D eigenvalue weighted by Gasteiger charge is 2.44. The number of aliphatic hydroxyl groups is 3. The van der Waals surface area contributed by atoms with Crippen LogP contribution in [-0.2, 0) is 4.74 Å². The molecule has 4 atom stereocenters. The second-order valence-electron chi connectivity index (χ2n) is 4.37. The number of nitrogen functional groups attached to an aromatic ring is 1. The summed E-state index contributed by atoms with van der Waals surface area (Å²) in [5, 5.41) is 33.3. The van der Waals surface area contributed by atoms with Crippen LogP contribution >= 0.6 is 0 Å². The van der Waals surface area contributed by atoms with Crippen molar-refractivity contribution in [2.75, 3.05) is 12.3 Å². The molecule has 3 rings (SSSR count). The molecule has 0 aliphatic carbocycles. The summed E-state index contributed by atoms with van der Waals surface area (Å²) in [5.41, 5.74) is 6.34. The zero-order chi connectivity index (χ0) is 14.4. The summed E-state index contributed by atoms with van der Waals surface area (Å²) in [7, 11) is 0. The number of hydrogen-bond donors (Lipinski definition) is 4. The van der Waals surface area contributed by atoms with Crippen LogP contribution in [-0.4, -0.2) is 55.0 Å². The van der Waals surface area contributed by atoms with E-state index in [1.54, 1.807) is 0 Å². The molecule has 0 spiro atoms. The quantitative estimate of drug-likeness (QED) is 0.528. The molecule has 1 fully saturated rings. The minimum atomic E-state index is -1.24. The maximum absolute atomic E-state index is 9.97. The van der Waals surface area contributed by atoms with Crippen molar-refractivity contribution in [1.29, 1.82) is 0 Å². The summed E-state index contributed by atoms with van der Waals surface area (Å²) in [5.74, 6) is 0. The van der Waals surface area contributed by atoms with E-state index < -0.39 is 31.1 Å². The van der Waals surface area contributed by atoms with E-state index >= 15 is 0 Å². The summed E-state index contributed by atoms with van der Waals surface area (Å²) in [6.07, 6.45) is -1.61. The van der Waals surface area contributed by atoms with E-state index in [1.807, 2.05) is 0 Å². The molecular formula is C11H14N4O4. The first-order valence-electron chi connectivity index (χ1n) is 6.25. The third-order valence-electron chi connectivity index (χ3n) is 3.22. The van der Waals surface area contributed by atoms with Crippen molar-refractivity contribution >= 4 is 16.7 Å². The minimum Gasteiger partial charge on any atom is -0.398 e. The molecule has 0 amide bonds. The predicted octanol–water partition coefficient (Wildman–Crippen LogP) is -1.38. The maximum atomic E-state index is 9.97. The van der Waals surface area contributed by atoms with Crippen LogP contribution in [0.15, 0.2) is 18.4 Å². The second-order valence-corrected chi connectivity index (χ2v) is 4.37. The number of ether oxygens (including phenoxy) is 1. The Kier molecular flexibility index (Phi) is 2.59. The summed E-state index contributed by atoms with van der Waals surface area (Å²) in [6.45, 7) is -0.416. The van der Waals surface area contributed by atoms with E-state index in [9.17, 15) is 10.2 Å². The number of aromatic nitrogens is 3. The third kappa shape index (κ3) is 1.77. The van der Waals surface area contributed by atoms with Crippen LogP contribution in [0.25, 0.3) is 11.0 Å². The zero-order valence-electron chi connectivity index (χ0n) is 10.8. The van der Waals surface area contributed by atoms with Gasteiger partial charge in [0.2, 0.25) is 0 Å². The summed E-state index contributed by atoms with van der Waals surface area (Å²) >= 11 is 0. The first-order valence-corrected chi connectivity index (χ1v) is 5.75. The monoisotopic (exact) mass is 267 g/mol. The zero-order valence-corrected chi connectivity index (χ0v) is 9.84. The Morgan fingerprint density at radius 2 is 2.26 bits per heavy atom. The SMILES string of the molecule is [2H]c1cnc2c(cnn2C2O[C@H](CO)[C@@H](O)[C@H]2O)c1N. The Morgan fingerprint density at radius 3 is 2.95 bits per heavy atom. The van der Waals surface area contributed by atoms with Gasteiger partial charge in [-0.15, -0.1) is 0 Å². The molecule has 102 valence electrons. The average Bonchev–Trinajstić information content (AvgIpc) is 2.98. The highest BCUT2D eigenvalue weighted by Crippen LogP contribution is 2.31. The van der Waals surface area contributed by atoms with Crippen molar-refractivity contribution < 1.29 is 21.4 Å². The molecule has 1 aliphatic heterocycles. The standard InChI is InChI=1S/C11H14N4O4/c12-6-1-2-13-10-5(6)3-14-15(10)11-9(18)8(17)7(4-16)19-11/h1-3,7-9,11,16-18H,4H2,(H2,12,13)/t7-,8-,9-,11?/m1/s1/i1D. The Hall–Kier alpha value is -1.74. The van der Waals surface area contributed by atoms with Crippen LogP contribution in [0.5, 0.6) is 0 Å². The summed E-state index contributed by atoms with van der Waals surface area (Å²) in [4.78, 5) is 4.05. The average molecular weight is 267 g/mol. The van der Waals surface area contributed by atoms with E-state index in [2.05, 4.69) is 10.1 Å². The van der Waals surface area contributed by atoms with Gasteiger partial charge in [0.05, 0.1) is 19.6 Å². The van der Waals surface area contributed by atoms with Crippen LogP contribution in [0.2, 0.25) is 0 Å². The van der Waals surface area contributed by atoms with Crippen LogP contribution in [0.3, 0.4) is 0 Å². The lowest BCUT2D eigenvalue weighted by atomic mass is 10.1. The first kappa shape index (κ1) is 11.1. The molecule has 8 heteroatoms. The van der Waals surface area contributed by atoms with Crippen molar-refractivity contribution in [2.45, 2.75) is 24.5 Å². The lowest BCUT2D eigenvalue weighted by Gasteiger charge is -2.15. The van der Waals surface area contributed by atoms with E-state index in [4.69, 9.17) is 16.9 Å². The molecular weight excluding hydrogens is 252 g/mol. The largest absolute Gasteiger partial charge is 0.398 e. The van der Waals surface area contributed by atoms with Gasteiger partial charge in [0, 0.05) is 11.9 Å². The lowest BCUT2D eigenvalue weighted by Crippen LogP contribution is -2.33. The molecule has 5 N–H and O–H groups in total. The normalized spacial score (nSPS) is 31.8. The van der Waals surface area contributed by atoms with E-state index in [1.165, 1.54) is 17.1 Å².